The number of rotatable bonds is 2. The lowest BCUT2D eigenvalue weighted by Gasteiger charge is -1.91. The summed E-state index contributed by atoms with van der Waals surface area (Å²) in [7, 11) is 0. The fraction of sp³-hybridized carbons (Fsp3) is 0.133. The monoisotopic (exact) mass is 256 g/mol. The van der Waals surface area contributed by atoms with Gasteiger partial charge in [-0.05, 0) is 44.2 Å². The molecule has 3 rings (SSSR count). The zero-order chi connectivity index (χ0) is 12.7. The van der Waals surface area contributed by atoms with Gasteiger partial charge in [0.2, 0.25) is 5.78 Å². The molecule has 0 N–H and O–H groups in total. The van der Waals surface area contributed by atoms with Crippen molar-refractivity contribution in [3.05, 3.63) is 57.5 Å². The maximum absolute atomic E-state index is 12.2. The predicted octanol–water partition coefficient (Wildman–Crippen LogP) is 4.34. The molecule has 0 amide bonds. The number of carbonyl (C=O) groups excluding carboxylic acids is 1. The van der Waals surface area contributed by atoms with Gasteiger partial charge in [-0.25, -0.2) is 0 Å². The maximum Gasteiger partial charge on any atom is 0.238 e. The molecule has 0 spiro atoms. The van der Waals surface area contributed by atoms with Gasteiger partial charge in [-0.1, -0.05) is 11.6 Å². The second-order valence-corrected chi connectivity index (χ2v) is 5.68. The van der Waals surface area contributed by atoms with E-state index in [1.165, 1.54) is 11.3 Å². The summed E-state index contributed by atoms with van der Waals surface area (Å²) in [6.07, 6.45) is 0. The molecule has 90 valence electrons. The molecule has 0 fully saturated rings. The molecule has 0 radical (unpaired) electrons. The van der Waals surface area contributed by atoms with Crippen molar-refractivity contribution in [2.24, 2.45) is 0 Å². The molecule has 2 nitrogen and oxygen atoms in total. The molecule has 0 saturated heterocycles. The molecular formula is C15H12O2S. The summed E-state index contributed by atoms with van der Waals surface area (Å²) in [4.78, 5) is 14.1. The van der Waals surface area contributed by atoms with E-state index in [0.717, 1.165) is 26.3 Å². The lowest BCUT2D eigenvalue weighted by atomic mass is 10.1. The van der Waals surface area contributed by atoms with Crippen LogP contribution in [0.3, 0.4) is 0 Å². The smallest absolute Gasteiger partial charge is 0.238 e. The number of hydrogen-bond donors (Lipinski definition) is 0. The summed E-state index contributed by atoms with van der Waals surface area (Å²) in [5.74, 6) is 0.374. The van der Waals surface area contributed by atoms with Crippen LogP contribution in [0.5, 0.6) is 0 Å². The van der Waals surface area contributed by atoms with Crippen molar-refractivity contribution >= 4 is 28.1 Å². The van der Waals surface area contributed by atoms with Gasteiger partial charge in [-0.15, -0.1) is 11.3 Å². The van der Waals surface area contributed by atoms with Gasteiger partial charge in [0.25, 0.3) is 0 Å². The van der Waals surface area contributed by atoms with Gasteiger partial charge in [0.1, 0.15) is 5.58 Å². The van der Waals surface area contributed by atoms with Gasteiger partial charge in [-0.2, -0.15) is 0 Å². The second-order valence-electron chi connectivity index (χ2n) is 4.39. The first-order valence-electron chi connectivity index (χ1n) is 5.75. The summed E-state index contributed by atoms with van der Waals surface area (Å²) >= 11 is 1.49. The Morgan fingerprint density at radius 1 is 1.11 bits per heavy atom. The number of fused-ring (bicyclic) bond motifs is 1. The molecule has 3 heteroatoms. The van der Waals surface area contributed by atoms with Gasteiger partial charge in [0.05, 0.1) is 4.88 Å². The van der Waals surface area contributed by atoms with Crippen molar-refractivity contribution < 1.29 is 9.21 Å². The number of ketones is 1. The number of aryl methyl sites for hydroxylation is 2. The number of furan rings is 1. The summed E-state index contributed by atoms with van der Waals surface area (Å²) in [6.45, 7) is 4.01. The summed E-state index contributed by atoms with van der Waals surface area (Å²) in [6, 6.07) is 11.5. The van der Waals surface area contributed by atoms with E-state index in [2.05, 4.69) is 0 Å². The van der Waals surface area contributed by atoms with E-state index in [-0.39, 0.29) is 5.78 Å². The molecule has 0 aliphatic heterocycles. The first kappa shape index (κ1) is 11.2. The minimum atomic E-state index is -0.0399. The number of thiophene rings is 1. The van der Waals surface area contributed by atoms with Gasteiger partial charge < -0.3 is 4.42 Å². The van der Waals surface area contributed by atoms with Crippen molar-refractivity contribution in [2.45, 2.75) is 13.8 Å². The minimum Gasteiger partial charge on any atom is -0.453 e. The van der Waals surface area contributed by atoms with E-state index in [1.807, 2.05) is 50.2 Å². The molecule has 18 heavy (non-hydrogen) atoms. The molecule has 0 unspecified atom stereocenters. The van der Waals surface area contributed by atoms with Gasteiger partial charge in [-0.3, -0.25) is 4.79 Å². The zero-order valence-electron chi connectivity index (χ0n) is 10.2. The lowest BCUT2D eigenvalue weighted by molar-refractivity contribution is 0.101. The largest absolute Gasteiger partial charge is 0.453 e. The van der Waals surface area contributed by atoms with Crippen LogP contribution in [0.2, 0.25) is 0 Å². The molecule has 2 aromatic heterocycles. The summed E-state index contributed by atoms with van der Waals surface area (Å²) in [5, 5.41) is 0.978. The third kappa shape index (κ3) is 1.87. The Morgan fingerprint density at radius 3 is 2.67 bits per heavy atom. The Morgan fingerprint density at radius 2 is 1.94 bits per heavy atom. The van der Waals surface area contributed by atoms with Crippen LogP contribution in [-0.4, -0.2) is 5.78 Å². The predicted molar refractivity (Wildman–Crippen MR) is 73.4 cm³/mol. The maximum atomic E-state index is 12.2. The van der Waals surface area contributed by atoms with E-state index in [1.54, 1.807) is 0 Å². The minimum absolute atomic E-state index is 0.0399. The zero-order valence-corrected chi connectivity index (χ0v) is 11.0. The topological polar surface area (TPSA) is 30.2 Å². The average Bonchev–Trinajstić information content (AvgIpc) is 2.93. The Bertz CT molecular complexity index is 734. The average molecular weight is 256 g/mol. The normalized spacial score (nSPS) is 11.0. The van der Waals surface area contributed by atoms with Crippen molar-refractivity contribution in [1.29, 1.82) is 0 Å². The van der Waals surface area contributed by atoms with E-state index in [4.69, 9.17) is 4.42 Å². The molecule has 1 aromatic carbocycles. The Labute approximate surface area is 109 Å². The Balaban J connectivity index is 2.06. The molecule has 0 saturated carbocycles. The van der Waals surface area contributed by atoms with E-state index in [0.29, 0.717) is 5.76 Å². The molecule has 2 heterocycles. The molecule has 0 atom stereocenters. The lowest BCUT2D eigenvalue weighted by Crippen LogP contribution is -1.95. The van der Waals surface area contributed by atoms with Gasteiger partial charge >= 0.3 is 0 Å². The molecule has 3 aromatic rings. The first-order chi connectivity index (χ1) is 8.63. The first-order valence-corrected chi connectivity index (χ1v) is 6.56. The van der Waals surface area contributed by atoms with Gasteiger partial charge in [0.15, 0.2) is 5.76 Å². The highest BCUT2D eigenvalue weighted by atomic mass is 32.1. The van der Waals surface area contributed by atoms with Crippen LogP contribution in [0.25, 0.3) is 11.0 Å². The Kier molecular flexibility index (Phi) is 2.56. The van der Waals surface area contributed by atoms with Crippen LogP contribution < -0.4 is 0 Å². The van der Waals surface area contributed by atoms with E-state index >= 15 is 0 Å². The van der Waals surface area contributed by atoms with Crippen LogP contribution in [0, 0.1) is 13.8 Å². The molecule has 0 aliphatic carbocycles. The van der Waals surface area contributed by atoms with Crippen LogP contribution in [0.15, 0.2) is 40.8 Å². The summed E-state index contributed by atoms with van der Waals surface area (Å²) in [5.41, 5.74) is 1.92. The fourth-order valence-corrected chi connectivity index (χ4v) is 2.76. The highest BCUT2D eigenvalue weighted by Crippen LogP contribution is 2.25. The second kappa shape index (κ2) is 4.10. The highest BCUT2D eigenvalue weighted by Gasteiger charge is 2.16. The number of benzene rings is 1. The molecule has 0 bridgehead atoms. The SMILES string of the molecule is Cc1ccc2oc(C(=O)c3ccc(C)s3)cc2c1. The summed E-state index contributed by atoms with van der Waals surface area (Å²) < 4.78 is 5.61. The van der Waals surface area contributed by atoms with Crippen LogP contribution >= 0.6 is 11.3 Å². The highest BCUT2D eigenvalue weighted by molar-refractivity contribution is 7.14. The quantitative estimate of drug-likeness (QED) is 0.638. The molecule has 0 aliphatic rings. The number of carbonyl (C=O) groups is 1. The third-order valence-corrected chi connectivity index (χ3v) is 3.86. The third-order valence-electron chi connectivity index (χ3n) is 2.86. The van der Waals surface area contributed by atoms with Crippen molar-refractivity contribution in [3.63, 3.8) is 0 Å². The van der Waals surface area contributed by atoms with Crippen molar-refractivity contribution in [1.82, 2.24) is 0 Å². The van der Waals surface area contributed by atoms with Gasteiger partial charge in [0, 0.05) is 10.3 Å². The van der Waals surface area contributed by atoms with E-state index < -0.39 is 0 Å². The fourth-order valence-electron chi connectivity index (χ4n) is 1.95. The van der Waals surface area contributed by atoms with Crippen molar-refractivity contribution in [2.75, 3.05) is 0 Å². The van der Waals surface area contributed by atoms with Crippen LogP contribution in [0.4, 0.5) is 0 Å². The van der Waals surface area contributed by atoms with Crippen LogP contribution in [-0.2, 0) is 0 Å². The standard InChI is InChI=1S/C15H12O2S/c1-9-3-5-12-11(7-9)8-13(17-12)15(16)14-6-4-10(2)18-14/h3-8H,1-2H3. The van der Waals surface area contributed by atoms with E-state index in [9.17, 15) is 4.79 Å². The van der Waals surface area contributed by atoms with Crippen molar-refractivity contribution in [3.8, 4) is 0 Å². The number of hydrogen-bond acceptors (Lipinski definition) is 3. The van der Waals surface area contributed by atoms with Crippen LogP contribution in [0.1, 0.15) is 25.9 Å². The Hall–Kier alpha value is -1.87. The molecular weight excluding hydrogens is 244 g/mol.